The Bertz CT molecular complexity index is 217. The van der Waals surface area contributed by atoms with Crippen molar-refractivity contribution in [3.63, 3.8) is 0 Å². The summed E-state index contributed by atoms with van der Waals surface area (Å²) in [6.07, 6.45) is 7.94. The lowest BCUT2D eigenvalue weighted by Crippen LogP contribution is -2.58. The maximum absolute atomic E-state index is 6.14. The summed E-state index contributed by atoms with van der Waals surface area (Å²) in [6.45, 7) is 9.09. The molecule has 0 aliphatic heterocycles. The first-order valence-electron chi connectivity index (χ1n) is 7.48. The van der Waals surface area contributed by atoms with E-state index in [0.29, 0.717) is 0 Å². The molecule has 1 saturated carbocycles. The molecule has 3 atom stereocenters. The summed E-state index contributed by atoms with van der Waals surface area (Å²) < 4.78 is 0. The summed E-state index contributed by atoms with van der Waals surface area (Å²) in [5, 5.41) is 0. The van der Waals surface area contributed by atoms with Gasteiger partial charge in [-0.15, -0.1) is 0 Å². The third kappa shape index (κ3) is 3.45. The molecule has 102 valence electrons. The molecule has 3 unspecified atom stereocenters. The van der Waals surface area contributed by atoms with E-state index in [2.05, 4.69) is 32.7 Å². The van der Waals surface area contributed by atoms with Gasteiger partial charge in [0.2, 0.25) is 0 Å². The molecule has 17 heavy (non-hydrogen) atoms. The fourth-order valence-corrected chi connectivity index (χ4v) is 3.53. The third-order valence-corrected chi connectivity index (χ3v) is 4.95. The quantitative estimate of drug-likeness (QED) is 0.722. The standard InChI is InChI=1S/C15H32N2/c1-5-6-7-10-17(4)15(12-16)9-8-13(2)11-14(15)3/h13-14H,5-12,16H2,1-4H3. The normalized spacial score (nSPS) is 34.2. The van der Waals surface area contributed by atoms with Gasteiger partial charge in [0.05, 0.1) is 0 Å². The van der Waals surface area contributed by atoms with Crippen LogP contribution in [0, 0.1) is 11.8 Å². The molecule has 0 bridgehead atoms. The first-order valence-corrected chi connectivity index (χ1v) is 7.48. The number of nitrogens with two attached hydrogens (primary N) is 1. The minimum Gasteiger partial charge on any atom is -0.329 e. The fraction of sp³-hybridized carbons (Fsp3) is 1.00. The van der Waals surface area contributed by atoms with Crippen molar-refractivity contribution in [2.45, 2.75) is 64.8 Å². The van der Waals surface area contributed by atoms with E-state index in [1.807, 2.05) is 0 Å². The Morgan fingerprint density at radius 1 is 1.29 bits per heavy atom. The van der Waals surface area contributed by atoms with Gasteiger partial charge in [-0.1, -0.05) is 33.6 Å². The highest BCUT2D eigenvalue weighted by Crippen LogP contribution is 2.39. The molecule has 2 heteroatoms. The van der Waals surface area contributed by atoms with Gasteiger partial charge in [0.25, 0.3) is 0 Å². The zero-order chi connectivity index (χ0) is 12.9. The van der Waals surface area contributed by atoms with E-state index >= 15 is 0 Å². The van der Waals surface area contributed by atoms with Crippen molar-refractivity contribution in [2.24, 2.45) is 17.6 Å². The Kier molecular flexibility index (Phi) is 5.94. The second kappa shape index (κ2) is 6.75. The zero-order valence-electron chi connectivity index (χ0n) is 12.3. The van der Waals surface area contributed by atoms with Gasteiger partial charge in [0.1, 0.15) is 0 Å². The summed E-state index contributed by atoms with van der Waals surface area (Å²) in [4.78, 5) is 2.57. The van der Waals surface area contributed by atoms with Crippen molar-refractivity contribution in [3.05, 3.63) is 0 Å². The summed E-state index contributed by atoms with van der Waals surface area (Å²) >= 11 is 0. The lowest BCUT2D eigenvalue weighted by Gasteiger charge is -2.50. The van der Waals surface area contributed by atoms with Crippen LogP contribution in [0.3, 0.4) is 0 Å². The highest BCUT2D eigenvalue weighted by Gasteiger charge is 2.41. The minimum atomic E-state index is 0.278. The number of hydrogen-bond donors (Lipinski definition) is 1. The Labute approximate surface area is 108 Å². The van der Waals surface area contributed by atoms with Crippen molar-refractivity contribution >= 4 is 0 Å². The second-order valence-electron chi connectivity index (χ2n) is 6.22. The van der Waals surface area contributed by atoms with Crippen LogP contribution in [0.4, 0.5) is 0 Å². The van der Waals surface area contributed by atoms with Gasteiger partial charge in [0.15, 0.2) is 0 Å². The zero-order valence-corrected chi connectivity index (χ0v) is 12.3. The van der Waals surface area contributed by atoms with Gasteiger partial charge >= 0.3 is 0 Å². The summed E-state index contributed by atoms with van der Waals surface area (Å²) in [7, 11) is 2.29. The molecule has 1 rings (SSSR count). The molecular formula is C15H32N2. The Morgan fingerprint density at radius 2 is 2.00 bits per heavy atom. The lowest BCUT2D eigenvalue weighted by molar-refractivity contribution is 0.0173. The van der Waals surface area contributed by atoms with E-state index in [-0.39, 0.29) is 5.54 Å². The Morgan fingerprint density at radius 3 is 2.53 bits per heavy atom. The number of likely N-dealkylation sites (N-methyl/N-ethyl adjacent to an activating group) is 1. The van der Waals surface area contributed by atoms with Crippen molar-refractivity contribution in [3.8, 4) is 0 Å². The molecule has 0 aromatic heterocycles. The van der Waals surface area contributed by atoms with Crippen LogP contribution in [0.25, 0.3) is 0 Å². The van der Waals surface area contributed by atoms with Gasteiger partial charge in [-0.2, -0.15) is 0 Å². The number of unbranched alkanes of at least 4 members (excludes halogenated alkanes) is 2. The van der Waals surface area contributed by atoms with E-state index in [4.69, 9.17) is 5.73 Å². The highest BCUT2D eigenvalue weighted by atomic mass is 15.2. The molecule has 0 aromatic carbocycles. The number of hydrogen-bond acceptors (Lipinski definition) is 2. The van der Waals surface area contributed by atoms with E-state index in [0.717, 1.165) is 18.4 Å². The van der Waals surface area contributed by atoms with E-state index in [1.165, 1.54) is 45.1 Å². The SMILES string of the molecule is CCCCCN(C)C1(CN)CCC(C)CC1C. The Hall–Kier alpha value is -0.0800. The van der Waals surface area contributed by atoms with Gasteiger partial charge < -0.3 is 5.73 Å². The summed E-state index contributed by atoms with van der Waals surface area (Å²) in [5.41, 5.74) is 6.42. The van der Waals surface area contributed by atoms with E-state index in [9.17, 15) is 0 Å². The molecule has 1 aliphatic carbocycles. The van der Waals surface area contributed by atoms with Crippen LogP contribution in [-0.2, 0) is 0 Å². The first kappa shape index (κ1) is 15.0. The summed E-state index contributed by atoms with van der Waals surface area (Å²) in [6, 6.07) is 0. The van der Waals surface area contributed by atoms with Gasteiger partial charge in [0, 0.05) is 12.1 Å². The third-order valence-electron chi connectivity index (χ3n) is 4.95. The van der Waals surface area contributed by atoms with Crippen molar-refractivity contribution in [1.82, 2.24) is 4.90 Å². The maximum Gasteiger partial charge on any atom is 0.0354 e. The molecule has 0 radical (unpaired) electrons. The fourth-order valence-electron chi connectivity index (χ4n) is 3.53. The molecular weight excluding hydrogens is 208 g/mol. The maximum atomic E-state index is 6.14. The second-order valence-corrected chi connectivity index (χ2v) is 6.22. The highest BCUT2D eigenvalue weighted by molar-refractivity contribution is 4.98. The Balaban J connectivity index is 2.60. The van der Waals surface area contributed by atoms with Crippen molar-refractivity contribution in [2.75, 3.05) is 20.1 Å². The molecule has 0 saturated heterocycles. The smallest absolute Gasteiger partial charge is 0.0354 e. The molecule has 0 heterocycles. The van der Waals surface area contributed by atoms with Gasteiger partial charge in [-0.25, -0.2) is 0 Å². The van der Waals surface area contributed by atoms with Crippen molar-refractivity contribution < 1.29 is 0 Å². The monoisotopic (exact) mass is 240 g/mol. The largest absolute Gasteiger partial charge is 0.329 e. The van der Waals surface area contributed by atoms with Crippen LogP contribution in [0.5, 0.6) is 0 Å². The average molecular weight is 240 g/mol. The predicted molar refractivity (Wildman–Crippen MR) is 76.1 cm³/mol. The van der Waals surface area contributed by atoms with Crippen LogP contribution in [0.2, 0.25) is 0 Å². The molecule has 2 N–H and O–H groups in total. The minimum absolute atomic E-state index is 0.278. The van der Waals surface area contributed by atoms with Crippen LogP contribution < -0.4 is 5.73 Å². The molecule has 1 aliphatic rings. The van der Waals surface area contributed by atoms with Crippen LogP contribution in [0.15, 0.2) is 0 Å². The van der Waals surface area contributed by atoms with Crippen LogP contribution in [-0.4, -0.2) is 30.6 Å². The number of rotatable bonds is 6. The van der Waals surface area contributed by atoms with E-state index < -0.39 is 0 Å². The summed E-state index contributed by atoms with van der Waals surface area (Å²) in [5.74, 6) is 1.62. The molecule has 1 fully saturated rings. The van der Waals surface area contributed by atoms with E-state index in [1.54, 1.807) is 0 Å². The predicted octanol–water partition coefficient (Wildman–Crippen LogP) is 3.26. The molecule has 0 spiro atoms. The number of nitrogens with zero attached hydrogens (tertiary/aromatic N) is 1. The van der Waals surface area contributed by atoms with Gasteiger partial charge in [-0.05, 0) is 51.1 Å². The van der Waals surface area contributed by atoms with Crippen LogP contribution >= 0.6 is 0 Å². The van der Waals surface area contributed by atoms with Crippen molar-refractivity contribution in [1.29, 1.82) is 0 Å². The average Bonchev–Trinajstić information content (AvgIpc) is 2.30. The lowest BCUT2D eigenvalue weighted by atomic mass is 9.69. The van der Waals surface area contributed by atoms with Crippen LogP contribution in [0.1, 0.15) is 59.3 Å². The van der Waals surface area contributed by atoms with Gasteiger partial charge in [-0.3, -0.25) is 4.90 Å². The molecule has 2 nitrogen and oxygen atoms in total. The molecule has 0 amide bonds. The topological polar surface area (TPSA) is 29.3 Å². The first-order chi connectivity index (χ1) is 8.06. The molecule has 0 aromatic rings.